The van der Waals surface area contributed by atoms with E-state index in [1.54, 1.807) is 17.0 Å². The van der Waals surface area contributed by atoms with Gasteiger partial charge in [0.15, 0.2) is 0 Å². The van der Waals surface area contributed by atoms with Gasteiger partial charge in [-0.05, 0) is 36.6 Å². The minimum atomic E-state index is -0.0838. The number of carbonyl (C=O) groups excluding carboxylic acids is 2. The lowest BCUT2D eigenvalue weighted by molar-refractivity contribution is -0.126. The molecule has 0 radical (unpaired) electrons. The Hall–Kier alpha value is -1.85. The van der Waals surface area contributed by atoms with Gasteiger partial charge >= 0.3 is 0 Å². The van der Waals surface area contributed by atoms with Gasteiger partial charge in [0.05, 0.1) is 10.6 Å². The summed E-state index contributed by atoms with van der Waals surface area (Å²) in [6.07, 6.45) is 1.33. The van der Waals surface area contributed by atoms with Gasteiger partial charge in [0.2, 0.25) is 5.91 Å². The molecular weight excluding hydrogens is 416 g/mol. The lowest BCUT2D eigenvalue weighted by atomic mass is 9.95. The van der Waals surface area contributed by atoms with Crippen LogP contribution >= 0.6 is 27.5 Å². The number of carbonyl (C=O) groups is 2. The highest BCUT2D eigenvalue weighted by molar-refractivity contribution is 9.10. The molecule has 1 aliphatic heterocycles. The van der Waals surface area contributed by atoms with E-state index in [9.17, 15) is 9.59 Å². The van der Waals surface area contributed by atoms with Gasteiger partial charge in [-0.25, -0.2) is 0 Å². The summed E-state index contributed by atoms with van der Waals surface area (Å²) in [5, 5.41) is 3.44. The van der Waals surface area contributed by atoms with Crippen molar-refractivity contribution in [1.29, 1.82) is 0 Å². The topological polar surface area (TPSA) is 49.4 Å². The smallest absolute Gasteiger partial charge is 0.255 e. The van der Waals surface area contributed by atoms with Crippen molar-refractivity contribution < 1.29 is 9.59 Å². The largest absolute Gasteiger partial charge is 0.352 e. The van der Waals surface area contributed by atoms with Gasteiger partial charge in [-0.15, -0.1) is 0 Å². The van der Waals surface area contributed by atoms with Crippen LogP contribution in [-0.4, -0.2) is 29.8 Å². The Kier molecular flexibility index (Phi) is 6.33. The summed E-state index contributed by atoms with van der Waals surface area (Å²) in [5.74, 6) is -0.0818. The standard InChI is InChI=1S/C20H20BrClN2O2/c21-16-6-7-18(22)17(12-16)20(26)24-10-8-15(9-11-24)19(25)23-13-14-4-2-1-3-5-14/h1-7,12,15H,8-11,13H2,(H,23,25). The summed E-state index contributed by atoms with van der Waals surface area (Å²) >= 11 is 9.53. The lowest BCUT2D eigenvalue weighted by Crippen LogP contribution is -2.43. The average molecular weight is 436 g/mol. The van der Waals surface area contributed by atoms with Gasteiger partial charge in [0.25, 0.3) is 5.91 Å². The summed E-state index contributed by atoms with van der Waals surface area (Å²) < 4.78 is 0.820. The first-order chi connectivity index (χ1) is 12.5. The molecule has 0 aliphatic carbocycles. The van der Waals surface area contributed by atoms with Crippen LogP contribution in [0.15, 0.2) is 53.0 Å². The maximum Gasteiger partial charge on any atom is 0.255 e. The Morgan fingerprint density at radius 1 is 1.12 bits per heavy atom. The van der Waals surface area contributed by atoms with Gasteiger partial charge < -0.3 is 10.2 Å². The minimum absolute atomic E-state index is 0.0549. The third-order valence-corrected chi connectivity index (χ3v) is 5.44. The van der Waals surface area contributed by atoms with E-state index in [4.69, 9.17) is 11.6 Å². The first-order valence-electron chi connectivity index (χ1n) is 8.60. The predicted molar refractivity (Wildman–Crippen MR) is 106 cm³/mol. The van der Waals surface area contributed by atoms with Crippen molar-refractivity contribution in [3.05, 3.63) is 69.2 Å². The van der Waals surface area contributed by atoms with E-state index in [0.717, 1.165) is 10.0 Å². The number of benzene rings is 2. The number of amides is 2. The Labute approximate surface area is 166 Å². The Morgan fingerprint density at radius 3 is 2.50 bits per heavy atom. The molecule has 1 N–H and O–H groups in total. The molecule has 0 spiro atoms. The van der Waals surface area contributed by atoms with Crippen LogP contribution in [-0.2, 0) is 11.3 Å². The first-order valence-corrected chi connectivity index (χ1v) is 9.77. The molecule has 4 nitrogen and oxygen atoms in total. The van der Waals surface area contributed by atoms with Gasteiger partial charge in [-0.2, -0.15) is 0 Å². The van der Waals surface area contributed by atoms with Crippen LogP contribution in [0.5, 0.6) is 0 Å². The summed E-state index contributed by atoms with van der Waals surface area (Å²) in [6, 6.07) is 15.1. The summed E-state index contributed by atoms with van der Waals surface area (Å²) in [6.45, 7) is 1.66. The fraction of sp³-hybridized carbons (Fsp3) is 0.300. The molecule has 0 aromatic heterocycles. The van der Waals surface area contributed by atoms with E-state index in [2.05, 4.69) is 21.2 Å². The molecule has 2 aromatic carbocycles. The first kappa shape index (κ1) is 18.9. The van der Waals surface area contributed by atoms with Crippen LogP contribution in [0.4, 0.5) is 0 Å². The molecule has 1 heterocycles. The maximum absolute atomic E-state index is 12.7. The molecule has 0 bridgehead atoms. The van der Waals surface area contributed by atoms with Crippen LogP contribution in [0.25, 0.3) is 0 Å². The summed E-state index contributed by atoms with van der Waals surface area (Å²) in [7, 11) is 0. The minimum Gasteiger partial charge on any atom is -0.352 e. The second-order valence-corrected chi connectivity index (χ2v) is 7.72. The molecule has 136 valence electrons. The number of piperidine rings is 1. The summed E-state index contributed by atoms with van der Waals surface area (Å²) in [5.41, 5.74) is 1.57. The zero-order chi connectivity index (χ0) is 18.5. The molecule has 2 aromatic rings. The number of nitrogens with one attached hydrogen (secondary N) is 1. The van der Waals surface area contributed by atoms with Crippen molar-refractivity contribution in [2.24, 2.45) is 5.92 Å². The van der Waals surface area contributed by atoms with E-state index in [1.165, 1.54) is 0 Å². The highest BCUT2D eigenvalue weighted by atomic mass is 79.9. The zero-order valence-corrected chi connectivity index (χ0v) is 16.6. The fourth-order valence-electron chi connectivity index (χ4n) is 3.11. The lowest BCUT2D eigenvalue weighted by Gasteiger charge is -2.31. The van der Waals surface area contributed by atoms with Gasteiger partial charge in [-0.3, -0.25) is 9.59 Å². The van der Waals surface area contributed by atoms with E-state index < -0.39 is 0 Å². The van der Waals surface area contributed by atoms with Crippen LogP contribution < -0.4 is 5.32 Å². The molecule has 0 saturated carbocycles. The van der Waals surface area contributed by atoms with Crippen molar-refractivity contribution in [3.63, 3.8) is 0 Å². The average Bonchev–Trinajstić information content (AvgIpc) is 2.68. The SMILES string of the molecule is O=C(NCc1ccccc1)C1CCN(C(=O)c2cc(Br)ccc2Cl)CC1. The second kappa shape index (κ2) is 8.69. The van der Waals surface area contributed by atoms with Crippen molar-refractivity contribution >= 4 is 39.3 Å². The second-order valence-electron chi connectivity index (χ2n) is 6.39. The van der Waals surface area contributed by atoms with Gasteiger partial charge in [0, 0.05) is 30.0 Å². The molecule has 1 fully saturated rings. The van der Waals surface area contributed by atoms with Crippen LogP contribution in [0.3, 0.4) is 0 Å². The highest BCUT2D eigenvalue weighted by Crippen LogP contribution is 2.25. The number of likely N-dealkylation sites (tertiary alicyclic amines) is 1. The van der Waals surface area contributed by atoms with E-state index in [-0.39, 0.29) is 17.7 Å². The molecule has 26 heavy (non-hydrogen) atoms. The molecule has 0 unspecified atom stereocenters. The van der Waals surface area contributed by atoms with E-state index in [0.29, 0.717) is 43.1 Å². The maximum atomic E-state index is 12.7. The Balaban J connectivity index is 1.53. The monoisotopic (exact) mass is 434 g/mol. The van der Waals surface area contributed by atoms with Crippen molar-refractivity contribution in [1.82, 2.24) is 10.2 Å². The molecule has 1 saturated heterocycles. The number of hydrogen-bond acceptors (Lipinski definition) is 2. The van der Waals surface area contributed by atoms with E-state index in [1.807, 2.05) is 36.4 Å². The normalized spacial score (nSPS) is 14.9. The number of halogens is 2. The Morgan fingerprint density at radius 2 is 1.81 bits per heavy atom. The molecular formula is C20H20BrClN2O2. The van der Waals surface area contributed by atoms with Crippen molar-refractivity contribution in [3.8, 4) is 0 Å². The van der Waals surface area contributed by atoms with Crippen LogP contribution in [0.1, 0.15) is 28.8 Å². The third-order valence-electron chi connectivity index (χ3n) is 4.62. The van der Waals surface area contributed by atoms with Crippen molar-refractivity contribution in [2.75, 3.05) is 13.1 Å². The highest BCUT2D eigenvalue weighted by Gasteiger charge is 2.28. The van der Waals surface area contributed by atoms with Crippen LogP contribution in [0, 0.1) is 5.92 Å². The molecule has 2 amide bonds. The van der Waals surface area contributed by atoms with Gasteiger partial charge in [-0.1, -0.05) is 57.9 Å². The quantitative estimate of drug-likeness (QED) is 0.779. The third kappa shape index (κ3) is 4.65. The number of hydrogen-bond donors (Lipinski definition) is 1. The molecule has 1 aliphatic rings. The fourth-order valence-corrected chi connectivity index (χ4v) is 3.67. The molecule has 6 heteroatoms. The van der Waals surface area contributed by atoms with E-state index >= 15 is 0 Å². The zero-order valence-electron chi connectivity index (χ0n) is 14.3. The number of nitrogens with zero attached hydrogens (tertiary/aromatic N) is 1. The van der Waals surface area contributed by atoms with Gasteiger partial charge in [0.1, 0.15) is 0 Å². The summed E-state index contributed by atoms with van der Waals surface area (Å²) in [4.78, 5) is 26.8. The van der Waals surface area contributed by atoms with Crippen molar-refractivity contribution in [2.45, 2.75) is 19.4 Å². The predicted octanol–water partition coefficient (Wildman–Crippen LogP) is 4.27. The molecule has 3 rings (SSSR count). The van der Waals surface area contributed by atoms with Crippen LogP contribution in [0.2, 0.25) is 5.02 Å². The molecule has 0 atom stereocenters. The number of rotatable bonds is 4. The Bertz CT molecular complexity index is 790.